The Kier molecular flexibility index (Phi) is 5.35. The predicted octanol–water partition coefficient (Wildman–Crippen LogP) is 0.954. The van der Waals surface area contributed by atoms with E-state index in [1.165, 1.54) is 0 Å². The first-order valence-electron chi connectivity index (χ1n) is 8.51. The van der Waals surface area contributed by atoms with E-state index in [0.717, 1.165) is 10.3 Å². The van der Waals surface area contributed by atoms with Crippen molar-refractivity contribution < 1.29 is 28.7 Å². The van der Waals surface area contributed by atoms with E-state index < -0.39 is 36.3 Å². The van der Waals surface area contributed by atoms with E-state index in [1.807, 2.05) is 12.1 Å². The normalized spacial score (nSPS) is 12.8. The lowest BCUT2D eigenvalue weighted by molar-refractivity contribution is -0.148. The number of rotatable bonds is 6. The van der Waals surface area contributed by atoms with Crippen molar-refractivity contribution in [2.24, 2.45) is 5.73 Å². The Morgan fingerprint density at radius 1 is 1.00 bits per heavy atom. The summed E-state index contributed by atoms with van der Waals surface area (Å²) in [6.45, 7) is -0.607. The highest BCUT2D eigenvalue weighted by atomic mass is 16.5. The van der Waals surface area contributed by atoms with Gasteiger partial charge in [-0.05, 0) is 23.9 Å². The van der Waals surface area contributed by atoms with Crippen LogP contribution in [0.5, 0.6) is 0 Å². The summed E-state index contributed by atoms with van der Waals surface area (Å²) in [6, 6.07) is 9.46. The van der Waals surface area contributed by atoms with E-state index >= 15 is 0 Å². The fourth-order valence-electron chi connectivity index (χ4n) is 3.06. The average Bonchev–Trinajstić information content (AvgIpc) is 2.66. The van der Waals surface area contributed by atoms with Crippen molar-refractivity contribution in [3.63, 3.8) is 0 Å². The van der Waals surface area contributed by atoms with E-state index in [-0.39, 0.29) is 19.4 Å². The fraction of sp³-hybridized carbons (Fsp3) is 0.211. The lowest BCUT2D eigenvalue weighted by Gasteiger charge is -2.27. The molecule has 0 bridgehead atoms. The van der Waals surface area contributed by atoms with Gasteiger partial charge < -0.3 is 10.5 Å². The Bertz CT molecular complexity index is 950. The minimum atomic E-state index is -1.04. The van der Waals surface area contributed by atoms with Gasteiger partial charge in [-0.1, -0.05) is 24.3 Å². The number of hydrogen-bond donors (Lipinski definition) is 2. The van der Waals surface area contributed by atoms with E-state index in [1.54, 1.807) is 29.6 Å². The molecule has 0 aliphatic carbocycles. The van der Waals surface area contributed by atoms with Gasteiger partial charge in [-0.15, -0.1) is 0 Å². The molecule has 1 aliphatic rings. The second-order valence-corrected chi connectivity index (χ2v) is 6.15. The van der Waals surface area contributed by atoms with Crippen LogP contribution in [-0.2, 0) is 14.3 Å². The van der Waals surface area contributed by atoms with Crippen molar-refractivity contribution in [2.45, 2.75) is 12.8 Å². The molecule has 144 valence electrons. The Labute approximate surface area is 159 Å². The molecule has 28 heavy (non-hydrogen) atoms. The number of hydrogen-bond acceptors (Lipinski definition) is 6. The molecule has 0 spiro atoms. The van der Waals surface area contributed by atoms with Crippen molar-refractivity contribution in [2.75, 3.05) is 13.2 Å². The first kappa shape index (κ1) is 19.0. The number of urea groups is 1. The van der Waals surface area contributed by atoms with Crippen molar-refractivity contribution in [1.29, 1.82) is 0 Å². The van der Waals surface area contributed by atoms with Gasteiger partial charge in [0.2, 0.25) is 0 Å². The smallest absolute Gasteiger partial charge is 0.318 e. The van der Waals surface area contributed by atoms with Crippen LogP contribution in [0.2, 0.25) is 0 Å². The van der Waals surface area contributed by atoms with E-state index in [2.05, 4.69) is 0 Å². The molecule has 0 fully saturated rings. The zero-order valence-corrected chi connectivity index (χ0v) is 14.8. The monoisotopic (exact) mass is 383 g/mol. The van der Waals surface area contributed by atoms with Gasteiger partial charge in [0.1, 0.15) is 0 Å². The van der Waals surface area contributed by atoms with Gasteiger partial charge in [-0.3, -0.25) is 29.4 Å². The summed E-state index contributed by atoms with van der Waals surface area (Å²) in [5, 5.41) is 3.21. The highest BCUT2D eigenvalue weighted by Crippen LogP contribution is 2.29. The lowest BCUT2D eigenvalue weighted by atomic mass is 9.94. The summed E-state index contributed by atoms with van der Waals surface area (Å²) in [7, 11) is 0. The molecule has 2 aromatic carbocycles. The van der Waals surface area contributed by atoms with Gasteiger partial charge in [-0.2, -0.15) is 0 Å². The molecule has 1 aliphatic heterocycles. The maximum absolute atomic E-state index is 12.7. The van der Waals surface area contributed by atoms with Crippen molar-refractivity contribution in [3.8, 4) is 0 Å². The van der Waals surface area contributed by atoms with E-state index in [4.69, 9.17) is 10.5 Å². The summed E-state index contributed by atoms with van der Waals surface area (Å²) in [4.78, 5) is 59.9. The SMILES string of the molecule is NC(=O)NC(=O)COC(=O)CCCN1C(=O)c2cccc3cccc(c23)C1=O. The number of imide groups is 2. The number of nitrogens with one attached hydrogen (secondary N) is 1. The summed E-state index contributed by atoms with van der Waals surface area (Å²) >= 11 is 0. The van der Waals surface area contributed by atoms with E-state index in [0.29, 0.717) is 16.5 Å². The number of amides is 5. The maximum atomic E-state index is 12.7. The molecular weight excluding hydrogens is 366 g/mol. The lowest BCUT2D eigenvalue weighted by Crippen LogP contribution is -2.41. The van der Waals surface area contributed by atoms with Crippen LogP contribution in [0.1, 0.15) is 33.6 Å². The fourth-order valence-corrected chi connectivity index (χ4v) is 3.06. The number of carbonyl (C=O) groups excluding carboxylic acids is 5. The standard InChI is InChI=1S/C19H17N3O6/c20-19(27)21-14(23)10-28-15(24)8-3-9-22-17(25)12-6-1-4-11-5-2-7-13(16(11)12)18(22)26/h1-2,4-7H,3,8-10H2,(H3,20,21,23,27). The van der Waals surface area contributed by atoms with Crippen LogP contribution in [0.3, 0.4) is 0 Å². The van der Waals surface area contributed by atoms with Gasteiger partial charge in [0.15, 0.2) is 6.61 Å². The number of ether oxygens (including phenoxy) is 1. The molecule has 0 saturated carbocycles. The second kappa shape index (κ2) is 7.87. The van der Waals surface area contributed by atoms with Crippen molar-refractivity contribution in [3.05, 3.63) is 47.5 Å². The number of carbonyl (C=O) groups is 5. The van der Waals surface area contributed by atoms with Crippen LogP contribution in [0.15, 0.2) is 36.4 Å². The van der Waals surface area contributed by atoms with Crippen LogP contribution < -0.4 is 11.1 Å². The summed E-state index contributed by atoms with van der Waals surface area (Å²) in [6.07, 6.45) is 0.0681. The number of nitrogens with zero attached hydrogens (tertiary/aromatic N) is 1. The molecule has 0 unspecified atom stereocenters. The zero-order chi connectivity index (χ0) is 20.3. The molecule has 3 N–H and O–H groups in total. The molecular formula is C19H17N3O6. The first-order chi connectivity index (χ1) is 13.4. The van der Waals surface area contributed by atoms with Crippen molar-refractivity contribution >= 4 is 40.5 Å². The predicted molar refractivity (Wildman–Crippen MR) is 97.2 cm³/mol. The zero-order valence-electron chi connectivity index (χ0n) is 14.8. The Balaban J connectivity index is 1.59. The van der Waals surface area contributed by atoms with Crippen LogP contribution >= 0.6 is 0 Å². The molecule has 1 heterocycles. The summed E-state index contributed by atoms with van der Waals surface area (Å²) < 4.78 is 4.70. The largest absolute Gasteiger partial charge is 0.456 e. The van der Waals surface area contributed by atoms with Gasteiger partial charge in [0.05, 0.1) is 0 Å². The molecule has 0 aromatic heterocycles. The Morgan fingerprint density at radius 2 is 1.61 bits per heavy atom. The number of esters is 1. The molecule has 2 aromatic rings. The van der Waals surface area contributed by atoms with Crippen LogP contribution in [0.4, 0.5) is 4.79 Å². The molecule has 3 rings (SSSR count). The topological polar surface area (TPSA) is 136 Å². The van der Waals surface area contributed by atoms with Crippen LogP contribution in [0, 0.1) is 0 Å². The van der Waals surface area contributed by atoms with Gasteiger partial charge in [0.25, 0.3) is 17.7 Å². The van der Waals surface area contributed by atoms with Crippen molar-refractivity contribution in [1.82, 2.24) is 10.2 Å². The minimum absolute atomic E-state index is 0.0327. The van der Waals surface area contributed by atoms with Crippen LogP contribution in [0.25, 0.3) is 10.8 Å². The van der Waals surface area contributed by atoms with Gasteiger partial charge >= 0.3 is 12.0 Å². The van der Waals surface area contributed by atoms with Gasteiger partial charge in [0, 0.05) is 29.5 Å². The minimum Gasteiger partial charge on any atom is -0.456 e. The quantitative estimate of drug-likeness (QED) is 0.563. The molecule has 5 amide bonds. The molecule has 0 atom stereocenters. The molecule has 9 nitrogen and oxygen atoms in total. The maximum Gasteiger partial charge on any atom is 0.318 e. The average molecular weight is 383 g/mol. The number of primary amides is 1. The van der Waals surface area contributed by atoms with Gasteiger partial charge in [-0.25, -0.2) is 4.79 Å². The third kappa shape index (κ3) is 3.83. The van der Waals surface area contributed by atoms with Crippen LogP contribution in [-0.4, -0.2) is 47.8 Å². The summed E-state index contributed by atoms with van der Waals surface area (Å²) in [5.74, 6) is -2.36. The number of benzene rings is 2. The third-order valence-corrected chi connectivity index (χ3v) is 4.25. The number of nitrogens with two attached hydrogens (primary N) is 1. The van der Waals surface area contributed by atoms with E-state index in [9.17, 15) is 24.0 Å². The highest BCUT2D eigenvalue weighted by molar-refractivity contribution is 6.25. The molecule has 9 heteroatoms. The molecule has 0 saturated heterocycles. The first-order valence-corrected chi connectivity index (χ1v) is 8.51. The highest BCUT2D eigenvalue weighted by Gasteiger charge is 2.32. The summed E-state index contributed by atoms with van der Waals surface area (Å²) in [5.41, 5.74) is 5.66. The third-order valence-electron chi connectivity index (χ3n) is 4.25. The Hall–Kier alpha value is -3.75. The second-order valence-electron chi connectivity index (χ2n) is 6.15. The molecule has 0 radical (unpaired) electrons. The Morgan fingerprint density at radius 3 is 2.18 bits per heavy atom.